The third kappa shape index (κ3) is 2.77. The number of rotatable bonds is 5. The van der Waals surface area contributed by atoms with Gasteiger partial charge in [-0.1, -0.05) is 6.07 Å². The molecule has 6 heteroatoms. The molecule has 0 aromatic heterocycles. The van der Waals surface area contributed by atoms with Crippen LogP contribution in [0.25, 0.3) is 0 Å². The summed E-state index contributed by atoms with van der Waals surface area (Å²) in [6.07, 6.45) is 0.153. The number of hydrogen-bond acceptors (Lipinski definition) is 5. The molecule has 1 aliphatic heterocycles. The minimum absolute atomic E-state index is 0.0699. The van der Waals surface area contributed by atoms with E-state index in [1.54, 1.807) is 18.2 Å². The van der Waals surface area contributed by atoms with Crippen molar-refractivity contribution < 1.29 is 19.2 Å². The number of carbonyl (C=O) groups excluding carboxylic acids is 1. The summed E-state index contributed by atoms with van der Waals surface area (Å²) in [7, 11) is 0. The Kier molecular flexibility index (Phi) is 3.45. The molecule has 2 rings (SSSR count). The van der Waals surface area contributed by atoms with Crippen molar-refractivity contribution in [2.45, 2.75) is 19.3 Å². The Morgan fingerprint density at radius 2 is 2.17 bits per heavy atom. The first kappa shape index (κ1) is 12.3. The van der Waals surface area contributed by atoms with E-state index in [0.717, 1.165) is 5.56 Å². The quantitative estimate of drug-likeness (QED) is 0.588. The fourth-order valence-electron chi connectivity index (χ4n) is 1.98. The molecule has 18 heavy (non-hydrogen) atoms. The van der Waals surface area contributed by atoms with Crippen LogP contribution in [-0.4, -0.2) is 24.0 Å². The zero-order chi connectivity index (χ0) is 13.1. The Labute approximate surface area is 104 Å². The standard InChI is InChI=1S/C12H13NO5/c1-8(14)4-10(6-13(15)16)9-2-3-11-12(5-9)18-7-17-11/h2-3,5,10H,4,6-7H2,1H3/t10-/m1/s1. The molecule has 1 aromatic rings. The molecule has 0 fully saturated rings. The van der Waals surface area contributed by atoms with Crippen molar-refractivity contribution in [2.24, 2.45) is 0 Å². The number of ketones is 1. The average molecular weight is 251 g/mol. The van der Waals surface area contributed by atoms with Crippen LogP contribution in [0.15, 0.2) is 18.2 Å². The lowest BCUT2D eigenvalue weighted by Crippen LogP contribution is -2.15. The van der Waals surface area contributed by atoms with Crippen molar-refractivity contribution in [1.82, 2.24) is 0 Å². The molecule has 0 unspecified atom stereocenters. The first-order valence-corrected chi connectivity index (χ1v) is 5.57. The molecule has 96 valence electrons. The zero-order valence-electron chi connectivity index (χ0n) is 9.92. The second-order valence-electron chi connectivity index (χ2n) is 4.23. The van der Waals surface area contributed by atoms with E-state index < -0.39 is 10.8 Å². The number of benzene rings is 1. The van der Waals surface area contributed by atoms with Gasteiger partial charge in [-0.25, -0.2) is 0 Å². The lowest BCUT2D eigenvalue weighted by molar-refractivity contribution is -0.483. The first-order chi connectivity index (χ1) is 8.56. The topological polar surface area (TPSA) is 78.7 Å². The Morgan fingerprint density at radius 3 is 2.83 bits per heavy atom. The fraction of sp³-hybridized carbons (Fsp3) is 0.417. The molecule has 0 amide bonds. The predicted molar refractivity (Wildman–Crippen MR) is 62.5 cm³/mol. The number of fused-ring (bicyclic) bond motifs is 1. The smallest absolute Gasteiger partial charge is 0.231 e. The zero-order valence-corrected chi connectivity index (χ0v) is 9.92. The van der Waals surface area contributed by atoms with Gasteiger partial charge in [0, 0.05) is 11.3 Å². The van der Waals surface area contributed by atoms with Crippen LogP contribution < -0.4 is 9.47 Å². The van der Waals surface area contributed by atoms with Gasteiger partial charge in [0.15, 0.2) is 11.5 Å². The van der Waals surface area contributed by atoms with Crippen molar-refractivity contribution in [3.05, 3.63) is 33.9 Å². The molecular formula is C12H13NO5. The predicted octanol–water partition coefficient (Wildman–Crippen LogP) is 1.75. The Hall–Kier alpha value is -2.11. The molecular weight excluding hydrogens is 238 g/mol. The number of nitrogens with zero attached hydrogens (tertiary/aromatic N) is 1. The van der Waals surface area contributed by atoms with Gasteiger partial charge in [0.05, 0.1) is 5.92 Å². The van der Waals surface area contributed by atoms with E-state index in [4.69, 9.17) is 9.47 Å². The monoisotopic (exact) mass is 251 g/mol. The van der Waals surface area contributed by atoms with Gasteiger partial charge in [-0.2, -0.15) is 0 Å². The van der Waals surface area contributed by atoms with Gasteiger partial charge in [-0.05, 0) is 24.6 Å². The van der Waals surface area contributed by atoms with Gasteiger partial charge in [0.25, 0.3) is 0 Å². The number of carbonyl (C=O) groups is 1. The molecule has 0 saturated heterocycles. The number of hydrogen-bond donors (Lipinski definition) is 0. The van der Waals surface area contributed by atoms with Crippen molar-refractivity contribution >= 4 is 5.78 Å². The average Bonchev–Trinajstić information content (AvgIpc) is 2.73. The molecule has 0 saturated carbocycles. The highest BCUT2D eigenvalue weighted by atomic mass is 16.7. The van der Waals surface area contributed by atoms with Gasteiger partial charge >= 0.3 is 0 Å². The van der Waals surface area contributed by atoms with Crippen LogP contribution in [0.2, 0.25) is 0 Å². The normalized spacial score (nSPS) is 14.3. The van der Waals surface area contributed by atoms with Crippen LogP contribution in [0.1, 0.15) is 24.8 Å². The molecule has 1 aliphatic rings. The van der Waals surface area contributed by atoms with Gasteiger partial charge in [-0.15, -0.1) is 0 Å². The summed E-state index contributed by atoms with van der Waals surface area (Å²) in [5.41, 5.74) is 0.728. The SMILES string of the molecule is CC(=O)C[C@H](C[N+](=O)[O-])c1ccc2c(c1)OCO2. The first-order valence-electron chi connectivity index (χ1n) is 5.57. The fourth-order valence-corrected chi connectivity index (χ4v) is 1.98. The second-order valence-corrected chi connectivity index (χ2v) is 4.23. The number of Topliss-reactive ketones (excluding diaryl/α,β-unsaturated/α-hetero) is 1. The Balaban J connectivity index is 2.24. The molecule has 0 N–H and O–H groups in total. The maximum atomic E-state index is 11.2. The largest absolute Gasteiger partial charge is 0.454 e. The Bertz CT molecular complexity index is 469. The maximum Gasteiger partial charge on any atom is 0.231 e. The Morgan fingerprint density at radius 1 is 1.44 bits per heavy atom. The van der Waals surface area contributed by atoms with Crippen LogP contribution in [0, 0.1) is 10.1 Å². The van der Waals surface area contributed by atoms with Crippen LogP contribution in [0.4, 0.5) is 0 Å². The second kappa shape index (κ2) is 5.03. The van der Waals surface area contributed by atoms with Gasteiger partial charge in [0.2, 0.25) is 13.3 Å². The van der Waals surface area contributed by atoms with Crippen LogP contribution >= 0.6 is 0 Å². The van der Waals surface area contributed by atoms with Gasteiger partial charge in [0.1, 0.15) is 5.78 Å². The van der Waals surface area contributed by atoms with Crippen molar-refractivity contribution in [3.63, 3.8) is 0 Å². The third-order valence-electron chi connectivity index (χ3n) is 2.77. The lowest BCUT2D eigenvalue weighted by atomic mass is 9.94. The van der Waals surface area contributed by atoms with E-state index in [0.29, 0.717) is 11.5 Å². The summed E-state index contributed by atoms with van der Waals surface area (Å²) in [5, 5.41) is 10.6. The molecule has 1 aromatic carbocycles. The highest BCUT2D eigenvalue weighted by Crippen LogP contribution is 2.35. The summed E-state index contributed by atoms with van der Waals surface area (Å²) >= 11 is 0. The van der Waals surface area contributed by atoms with E-state index in [1.807, 2.05) is 0 Å². The molecule has 0 bridgehead atoms. The summed E-state index contributed by atoms with van der Waals surface area (Å²) in [5.74, 6) is 0.706. The molecule has 0 aliphatic carbocycles. The number of ether oxygens (including phenoxy) is 2. The van der Waals surface area contributed by atoms with E-state index in [1.165, 1.54) is 6.92 Å². The van der Waals surface area contributed by atoms with Crippen molar-refractivity contribution in [2.75, 3.05) is 13.3 Å². The third-order valence-corrected chi connectivity index (χ3v) is 2.77. The van der Waals surface area contributed by atoms with Gasteiger partial charge < -0.3 is 14.3 Å². The minimum Gasteiger partial charge on any atom is -0.454 e. The van der Waals surface area contributed by atoms with Crippen LogP contribution in [0.3, 0.4) is 0 Å². The lowest BCUT2D eigenvalue weighted by Gasteiger charge is -2.12. The summed E-state index contributed by atoms with van der Waals surface area (Å²) in [4.78, 5) is 21.4. The van der Waals surface area contributed by atoms with E-state index in [9.17, 15) is 14.9 Å². The van der Waals surface area contributed by atoms with E-state index in [-0.39, 0.29) is 25.5 Å². The molecule has 1 heterocycles. The van der Waals surface area contributed by atoms with Crippen molar-refractivity contribution in [3.8, 4) is 11.5 Å². The highest BCUT2D eigenvalue weighted by molar-refractivity contribution is 5.76. The molecule has 0 spiro atoms. The number of nitro groups is 1. The highest BCUT2D eigenvalue weighted by Gasteiger charge is 2.22. The molecule has 1 atom stereocenters. The minimum atomic E-state index is -0.424. The van der Waals surface area contributed by atoms with E-state index >= 15 is 0 Å². The maximum absolute atomic E-state index is 11.2. The van der Waals surface area contributed by atoms with Crippen molar-refractivity contribution in [1.29, 1.82) is 0 Å². The van der Waals surface area contributed by atoms with Gasteiger partial charge in [-0.3, -0.25) is 10.1 Å². The van der Waals surface area contributed by atoms with Crippen LogP contribution in [0.5, 0.6) is 11.5 Å². The summed E-state index contributed by atoms with van der Waals surface area (Å²) < 4.78 is 10.4. The van der Waals surface area contributed by atoms with Crippen LogP contribution in [-0.2, 0) is 4.79 Å². The van der Waals surface area contributed by atoms with E-state index in [2.05, 4.69) is 0 Å². The molecule has 0 radical (unpaired) electrons. The molecule has 6 nitrogen and oxygen atoms in total. The summed E-state index contributed by atoms with van der Waals surface area (Å²) in [6.45, 7) is 1.32. The summed E-state index contributed by atoms with van der Waals surface area (Å²) in [6, 6.07) is 5.16.